The van der Waals surface area contributed by atoms with Gasteiger partial charge in [-0.3, -0.25) is 0 Å². The molecule has 0 aromatic carbocycles. The van der Waals surface area contributed by atoms with Crippen LogP contribution in [0.1, 0.15) is 19.3 Å². The molecule has 92 valence electrons. The topological polar surface area (TPSA) is 50.7 Å². The highest BCUT2D eigenvalue weighted by molar-refractivity contribution is 8.22. The molecule has 2 aliphatic heterocycles. The van der Waals surface area contributed by atoms with Crippen LogP contribution in [0.3, 0.4) is 0 Å². The van der Waals surface area contributed by atoms with Gasteiger partial charge in [0.25, 0.3) is 0 Å². The second-order valence-corrected chi connectivity index (χ2v) is 6.02. The fourth-order valence-corrected chi connectivity index (χ4v) is 4.03. The molecule has 1 atom stereocenters. The monoisotopic (exact) mass is 268 g/mol. The Morgan fingerprint density at radius 2 is 1.88 bits per heavy atom. The van der Waals surface area contributed by atoms with Gasteiger partial charge < -0.3 is 5.32 Å². The summed E-state index contributed by atoms with van der Waals surface area (Å²) in [7, 11) is 0. The Hall–Kier alpha value is -0.590. The zero-order chi connectivity index (χ0) is 11.8. The van der Waals surface area contributed by atoms with E-state index in [-0.39, 0.29) is 0 Å². The molecule has 4 nitrogen and oxygen atoms in total. The Labute approximate surface area is 110 Å². The Bertz CT molecular complexity index is 312. The molecule has 1 aromatic rings. The normalized spacial score (nSPS) is 23.5. The summed E-state index contributed by atoms with van der Waals surface area (Å²) in [6.45, 7) is 1.22. The van der Waals surface area contributed by atoms with Crippen LogP contribution in [0.5, 0.6) is 0 Å². The van der Waals surface area contributed by atoms with Crippen LogP contribution < -0.4 is 5.32 Å². The third-order valence-electron chi connectivity index (χ3n) is 2.55. The van der Waals surface area contributed by atoms with Crippen molar-refractivity contribution < 1.29 is 0 Å². The first kappa shape index (κ1) is 12.9. The van der Waals surface area contributed by atoms with Gasteiger partial charge >= 0.3 is 0 Å². The Morgan fingerprint density at radius 3 is 2.35 bits per heavy atom. The predicted octanol–water partition coefficient (Wildman–Crippen LogP) is 2.28. The van der Waals surface area contributed by atoms with Gasteiger partial charge in [0, 0.05) is 16.0 Å². The highest BCUT2D eigenvalue weighted by atomic mass is 32.2. The first-order valence-electron chi connectivity index (χ1n) is 5.69. The van der Waals surface area contributed by atoms with E-state index in [1.54, 1.807) is 4.91 Å². The number of nitrogens with one attached hydrogen (secondary N) is 1. The van der Waals surface area contributed by atoms with Crippen LogP contribution in [-0.2, 0) is 0 Å². The molecule has 2 aliphatic rings. The van der Waals surface area contributed by atoms with Gasteiger partial charge in [-0.05, 0) is 24.8 Å². The third-order valence-corrected chi connectivity index (χ3v) is 4.87. The number of hydrogen-bond donors (Lipinski definition) is 1. The number of aromatic nitrogens is 3. The highest BCUT2D eigenvalue weighted by Gasteiger charge is 2.19. The van der Waals surface area contributed by atoms with Gasteiger partial charge in [0.05, 0.1) is 0 Å². The van der Waals surface area contributed by atoms with Crippen LogP contribution in [0.25, 0.3) is 0 Å². The molecular weight excluding hydrogens is 252 g/mol. The number of thioether (sulfide) groups is 2. The van der Waals surface area contributed by atoms with Gasteiger partial charge in [-0.1, -0.05) is 6.42 Å². The van der Waals surface area contributed by atoms with Crippen molar-refractivity contribution in [2.24, 2.45) is 0 Å². The zero-order valence-electron chi connectivity index (χ0n) is 9.58. The summed E-state index contributed by atoms with van der Waals surface area (Å²) < 4.78 is 0. The fraction of sp³-hybridized carbons (Fsp3) is 0.545. The molecule has 1 N–H and O–H groups in total. The first-order chi connectivity index (χ1) is 8.47. The molecule has 0 amide bonds. The van der Waals surface area contributed by atoms with Gasteiger partial charge in [-0.25, -0.2) is 15.0 Å². The molecule has 0 bridgehead atoms. The molecule has 3 heterocycles. The standard InChI is InChI=1S/C8H13NS2.C3H3N3/c1-2-4-9-7(3-1)8-5-10-6-11-8;1-4-2-6-3-5-1/h5,7,9H,1-4,6H2;1-3H. The van der Waals surface area contributed by atoms with Crippen molar-refractivity contribution in [2.45, 2.75) is 25.3 Å². The van der Waals surface area contributed by atoms with Crippen LogP contribution >= 0.6 is 23.5 Å². The molecule has 1 aromatic heterocycles. The van der Waals surface area contributed by atoms with Gasteiger partial charge in [0.15, 0.2) is 0 Å². The van der Waals surface area contributed by atoms with E-state index in [0.29, 0.717) is 6.04 Å². The molecule has 1 unspecified atom stereocenters. The lowest BCUT2D eigenvalue weighted by Gasteiger charge is -2.23. The van der Waals surface area contributed by atoms with Crippen molar-refractivity contribution in [3.05, 3.63) is 29.3 Å². The van der Waals surface area contributed by atoms with Crippen molar-refractivity contribution in [1.29, 1.82) is 0 Å². The van der Waals surface area contributed by atoms with Crippen LogP contribution in [0.15, 0.2) is 29.3 Å². The highest BCUT2D eigenvalue weighted by Crippen LogP contribution is 2.36. The predicted molar refractivity (Wildman–Crippen MR) is 73.6 cm³/mol. The van der Waals surface area contributed by atoms with Crippen LogP contribution in [0.2, 0.25) is 0 Å². The van der Waals surface area contributed by atoms with Gasteiger partial charge in [0.2, 0.25) is 0 Å². The van der Waals surface area contributed by atoms with Crippen molar-refractivity contribution in [3.63, 3.8) is 0 Å². The van der Waals surface area contributed by atoms with E-state index in [2.05, 4.69) is 25.7 Å². The molecule has 0 radical (unpaired) electrons. The maximum Gasteiger partial charge on any atom is 0.119 e. The number of rotatable bonds is 1. The summed E-state index contributed by atoms with van der Waals surface area (Å²) >= 11 is 3.95. The number of hydrogen-bond acceptors (Lipinski definition) is 6. The Morgan fingerprint density at radius 1 is 1.12 bits per heavy atom. The molecule has 0 aliphatic carbocycles. The summed E-state index contributed by atoms with van der Waals surface area (Å²) in [5.41, 5.74) is 0. The van der Waals surface area contributed by atoms with Crippen LogP contribution in [0, 0.1) is 0 Å². The molecular formula is C11H16N4S2. The summed E-state index contributed by atoms with van der Waals surface area (Å²) in [5, 5.41) is 7.12. The van der Waals surface area contributed by atoms with Gasteiger partial charge in [0.1, 0.15) is 19.0 Å². The zero-order valence-corrected chi connectivity index (χ0v) is 11.2. The maximum absolute atomic E-state index is 3.56. The summed E-state index contributed by atoms with van der Waals surface area (Å²) in [5.74, 6) is 0. The van der Waals surface area contributed by atoms with Gasteiger partial charge in [-0.15, -0.1) is 23.5 Å². The number of nitrogens with zero attached hydrogens (tertiary/aromatic N) is 3. The Kier molecular flexibility index (Phi) is 5.81. The minimum Gasteiger partial charge on any atom is -0.309 e. The summed E-state index contributed by atoms with van der Waals surface area (Å²) in [6.07, 6.45) is 8.42. The van der Waals surface area contributed by atoms with Crippen LogP contribution in [0.4, 0.5) is 0 Å². The summed E-state index contributed by atoms with van der Waals surface area (Å²) in [6, 6.07) is 0.698. The smallest absolute Gasteiger partial charge is 0.119 e. The first-order valence-corrected chi connectivity index (χ1v) is 7.73. The van der Waals surface area contributed by atoms with E-state index < -0.39 is 0 Å². The molecule has 6 heteroatoms. The molecule has 1 saturated heterocycles. The van der Waals surface area contributed by atoms with Crippen molar-refractivity contribution in [1.82, 2.24) is 20.3 Å². The van der Waals surface area contributed by atoms with E-state index in [1.807, 2.05) is 23.5 Å². The molecule has 0 spiro atoms. The van der Waals surface area contributed by atoms with Crippen molar-refractivity contribution in [2.75, 3.05) is 11.6 Å². The molecule has 17 heavy (non-hydrogen) atoms. The van der Waals surface area contributed by atoms with E-state index in [0.717, 1.165) is 0 Å². The van der Waals surface area contributed by atoms with E-state index >= 15 is 0 Å². The van der Waals surface area contributed by atoms with Crippen LogP contribution in [-0.4, -0.2) is 32.6 Å². The molecule has 1 fully saturated rings. The lowest BCUT2D eigenvalue weighted by molar-refractivity contribution is 0.451. The average Bonchev–Trinajstić information content (AvgIpc) is 2.96. The SMILES string of the molecule is C1=C(C2CCCCN2)SCS1.c1ncncn1. The lowest BCUT2D eigenvalue weighted by Crippen LogP contribution is -2.34. The maximum atomic E-state index is 3.56. The minimum atomic E-state index is 0.698. The molecule has 3 rings (SSSR count). The second kappa shape index (κ2) is 7.68. The Balaban J connectivity index is 0.000000153. The molecule has 0 saturated carbocycles. The summed E-state index contributed by atoms with van der Waals surface area (Å²) in [4.78, 5) is 12.3. The van der Waals surface area contributed by atoms with E-state index in [1.165, 1.54) is 49.9 Å². The quantitative estimate of drug-likeness (QED) is 0.843. The second-order valence-electron chi connectivity index (χ2n) is 3.75. The fourth-order valence-electron chi connectivity index (χ4n) is 1.73. The number of piperidine rings is 1. The van der Waals surface area contributed by atoms with Crippen molar-refractivity contribution >= 4 is 23.5 Å². The largest absolute Gasteiger partial charge is 0.309 e. The average molecular weight is 268 g/mol. The van der Waals surface area contributed by atoms with E-state index in [4.69, 9.17) is 0 Å². The van der Waals surface area contributed by atoms with Crippen molar-refractivity contribution in [3.8, 4) is 0 Å². The van der Waals surface area contributed by atoms with Gasteiger partial charge in [-0.2, -0.15) is 0 Å². The minimum absolute atomic E-state index is 0.698. The van der Waals surface area contributed by atoms with E-state index in [9.17, 15) is 0 Å². The lowest BCUT2D eigenvalue weighted by atomic mass is 10.1. The third kappa shape index (κ3) is 4.65.